The van der Waals surface area contributed by atoms with Crippen LogP contribution in [0.3, 0.4) is 0 Å². The highest BCUT2D eigenvalue weighted by atomic mass is 16.6. The summed E-state index contributed by atoms with van der Waals surface area (Å²) in [6.07, 6.45) is 2.53. The van der Waals surface area contributed by atoms with Gasteiger partial charge in [-0.25, -0.2) is 9.78 Å². The van der Waals surface area contributed by atoms with Crippen LogP contribution in [0.5, 0.6) is 0 Å². The van der Waals surface area contributed by atoms with Crippen LogP contribution >= 0.6 is 0 Å². The fraction of sp³-hybridized carbons (Fsp3) is 0.692. The molecule has 1 aromatic heterocycles. The lowest BCUT2D eigenvalue weighted by Gasteiger charge is -2.24. The van der Waals surface area contributed by atoms with Crippen LogP contribution in [-0.2, 0) is 4.74 Å². The number of nitrogens with zero attached hydrogens (tertiary/aromatic N) is 2. The smallest absolute Gasteiger partial charge is 0.410 e. The van der Waals surface area contributed by atoms with E-state index >= 15 is 0 Å². The van der Waals surface area contributed by atoms with E-state index in [-0.39, 0.29) is 12.0 Å². The number of aliphatic hydroxyl groups is 1. The molecular weight excluding hydrogens is 248 g/mol. The van der Waals surface area contributed by atoms with Crippen molar-refractivity contribution in [2.24, 2.45) is 5.92 Å². The lowest BCUT2D eigenvalue weighted by Crippen LogP contribution is -2.35. The Morgan fingerprint density at radius 1 is 1.63 bits per heavy atom. The number of ether oxygens (including phenoxy) is 1. The van der Waals surface area contributed by atoms with Gasteiger partial charge in [-0.1, -0.05) is 0 Å². The van der Waals surface area contributed by atoms with E-state index < -0.39 is 11.7 Å². The van der Waals surface area contributed by atoms with E-state index in [1.165, 1.54) is 12.5 Å². The molecule has 1 N–H and O–H groups in total. The van der Waals surface area contributed by atoms with E-state index in [9.17, 15) is 9.90 Å². The van der Waals surface area contributed by atoms with Gasteiger partial charge >= 0.3 is 6.09 Å². The average molecular weight is 268 g/mol. The van der Waals surface area contributed by atoms with Crippen molar-refractivity contribution >= 4 is 6.09 Å². The molecule has 1 saturated heterocycles. The first-order valence-electron chi connectivity index (χ1n) is 6.42. The highest BCUT2D eigenvalue weighted by Crippen LogP contribution is 2.29. The number of carbonyl (C=O) groups excluding carboxylic acids is 1. The van der Waals surface area contributed by atoms with E-state index in [4.69, 9.17) is 9.15 Å². The van der Waals surface area contributed by atoms with Gasteiger partial charge in [0.25, 0.3) is 0 Å². The number of amides is 1. The molecule has 2 heterocycles. The first-order valence-corrected chi connectivity index (χ1v) is 6.42. The topological polar surface area (TPSA) is 75.8 Å². The van der Waals surface area contributed by atoms with Gasteiger partial charge in [-0.15, -0.1) is 0 Å². The number of carbonyl (C=O) groups is 1. The van der Waals surface area contributed by atoms with Gasteiger partial charge in [-0.3, -0.25) is 0 Å². The normalized spacial score (nSPS) is 21.5. The van der Waals surface area contributed by atoms with Gasteiger partial charge in [-0.05, 0) is 27.2 Å². The zero-order chi connectivity index (χ0) is 14.0. The largest absolute Gasteiger partial charge is 0.446 e. The van der Waals surface area contributed by atoms with Crippen molar-refractivity contribution in [3.63, 3.8) is 0 Å². The third-order valence-corrected chi connectivity index (χ3v) is 3.03. The van der Waals surface area contributed by atoms with Crippen molar-refractivity contribution in [3.8, 4) is 0 Å². The molecule has 2 rings (SSSR count). The van der Waals surface area contributed by atoms with Crippen molar-refractivity contribution < 1.29 is 19.1 Å². The highest BCUT2D eigenvalue weighted by Gasteiger charge is 2.35. The molecule has 106 valence electrons. The van der Waals surface area contributed by atoms with Crippen LogP contribution in [0.25, 0.3) is 0 Å². The Morgan fingerprint density at radius 2 is 2.37 bits per heavy atom. The Bertz CT molecular complexity index is 424. The molecule has 1 aliphatic heterocycles. The predicted molar refractivity (Wildman–Crippen MR) is 67.4 cm³/mol. The number of aromatic nitrogens is 1. The summed E-state index contributed by atoms with van der Waals surface area (Å²) in [6.45, 7) is 6.54. The van der Waals surface area contributed by atoms with Gasteiger partial charge in [0.2, 0.25) is 5.89 Å². The minimum absolute atomic E-state index is 0.0637. The molecule has 6 heteroatoms. The fourth-order valence-electron chi connectivity index (χ4n) is 2.12. The molecule has 1 fully saturated rings. The van der Waals surface area contributed by atoms with Crippen molar-refractivity contribution in [3.05, 3.63) is 18.4 Å². The van der Waals surface area contributed by atoms with Crippen LogP contribution < -0.4 is 0 Å². The summed E-state index contributed by atoms with van der Waals surface area (Å²) in [7, 11) is 0. The van der Waals surface area contributed by atoms with E-state index in [0.29, 0.717) is 25.4 Å². The Balaban J connectivity index is 1.91. The molecule has 0 unspecified atom stereocenters. The monoisotopic (exact) mass is 268 g/mol. The van der Waals surface area contributed by atoms with Crippen LogP contribution in [0.1, 0.15) is 39.2 Å². The molecule has 0 radical (unpaired) electrons. The second-order valence-electron chi connectivity index (χ2n) is 5.79. The second-order valence-corrected chi connectivity index (χ2v) is 5.79. The Labute approximate surface area is 112 Å². The SMILES string of the molecule is CC(C)(C)OC(=O)N1CC[C@@H]([C@H](O)c2ncco2)C1. The lowest BCUT2D eigenvalue weighted by atomic mass is 10.0. The third kappa shape index (κ3) is 3.47. The number of hydrogen-bond donors (Lipinski definition) is 1. The van der Waals surface area contributed by atoms with Crippen molar-refractivity contribution in [2.45, 2.75) is 38.9 Å². The average Bonchev–Trinajstić information content (AvgIpc) is 2.98. The van der Waals surface area contributed by atoms with Crippen molar-refractivity contribution in [1.29, 1.82) is 0 Å². The van der Waals surface area contributed by atoms with E-state index in [0.717, 1.165) is 0 Å². The number of rotatable bonds is 2. The van der Waals surface area contributed by atoms with Gasteiger partial charge < -0.3 is 19.2 Å². The number of oxazole rings is 1. The molecule has 0 saturated carbocycles. The summed E-state index contributed by atoms with van der Waals surface area (Å²) in [5.74, 6) is 0.238. The predicted octanol–water partition coefficient (Wildman–Crippen LogP) is 1.96. The number of aliphatic hydroxyl groups excluding tert-OH is 1. The van der Waals surface area contributed by atoms with Crippen LogP contribution in [0.2, 0.25) is 0 Å². The molecule has 0 spiro atoms. The minimum Gasteiger partial charge on any atom is -0.446 e. The molecule has 0 aromatic carbocycles. The maximum absolute atomic E-state index is 11.9. The van der Waals surface area contributed by atoms with Gasteiger partial charge in [0.15, 0.2) is 0 Å². The van der Waals surface area contributed by atoms with Gasteiger partial charge in [0.05, 0.1) is 6.20 Å². The first kappa shape index (κ1) is 13.9. The summed E-state index contributed by atoms with van der Waals surface area (Å²) in [6, 6.07) is 0. The van der Waals surface area contributed by atoms with E-state index in [1.54, 1.807) is 4.90 Å². The van der Waals surface area contributed by atoms with Gasteiger partial charge in [-0.2, -0.15) is 0 Å². The Morgan fingerprint density at radius 3 is 2.95 bits per heavy atom. The molecule has 19 heavy (non-hydrogen) atoms. The summed E-state index contributed by atoms with van der Waals surface area (Å²) < 4.78 is 10.4. The van der Waals surface area contributed by atoms with Crippen LogP contribution in [0.15, 0.2) is 16.9 Å². The minimum atomic E-state index is -0.776. The fourth-order valence-corrected chi connectivity index (χ4v) is 2.12. The van der Waals surface area contributed by atoms with Crippen molar-refractivity contribution in [2.75, 3.05) is 13.1 Å². The maximum atomic E-state index is 11.9. The van der Waals surface area contributed by atoms with Gasteiger partial charge in [0, 0.05) is 19.0 Å². The van der Waals surface area contributed by atoms with Crippen molar-refractivity contribution in [1.82, 2.24) is 9.88 Å². The van der Waals surface area contributed by atoms with E-state index in [2.05, 4.69) is 4.98 Å². The summed E-state index contributed by atoms with van der Waals surface area (Å²) in [5, 5.41) is 10.1. The van der Waals surface area contributed by atoms with Gasteiger partial charge in [0.1, 0.15) is 18.0 Å². The molecule has 2 atom stereocenters. The molecule has 1 aliphatic rings. The molecule has 1 aromatic rings. The summed E-state index contributed by atoms with van der Waals surface area (Å²) in [5.41, 5.74) is -0.504. The van der Waals surface area contributed by atoms with Crippen LogP contribution in [0.4, 0.5) is 4.79 Å². The molecular formula is C13H20N2O4. The standard InChI is InChI=1S/C13H20N2O4/c1-13(2,3)19-12(17)15-6-4-9(8-15)10(16)11-14-5-7-18-11/h5,7,9-10,16H,4,6,8H2,1-3H3/t9-,10+/m1/s1. The van der Waals surface area contributed by atoms with E-state index in [1.807, 2.05) is 20.8 Å². The zero-order valence-corrected chi connectivity index (χ0v) is 11.5. The Kier molecular flexibility index (Phi) is 3.80. The summed E-state index contributed by atoms with van der Waals surface area (Å²) >= 11 is 0. The second kappa shape index (κ2) is 5.21. The number of hydrogen-bond acceptors (Lipinski definition) is 5. The number of likely N-dealkylation sites (tertiary alicyclic amines) is 1. The lowest BCUT2D eigenvalue weighted by molar-refractivity contribution is 0.0257. The van der Waals surface area contributed by atoms with Crippen LogP contribution in [0, 0.1) is 5.92 Å². The highest BCUT2D eigenvalue weighted by molar-refractivity contribution is 5.68. The summed E-state index contributed by atoms with van der Waals surface area (Å²) in [4.78, 5) is 17.5. The molecule has 1 amide bonds. The quantitative estimate of drug-likeness (QED) is 0.887. The zero-order valence-electron chi connectivity index (χ0n) is 11.5. The Hall–Kier alpha value is -1.56. The van der Waals surface area contributed by atoms with Crippen LogP contribution in [-0.4, -0.2) is 39.8 Å². The molecule has 0 aliphatic carbocycles. The third-order valence-electron chi connectivity index (χ3n) is 3.03. The first-order chi connectivity index (χ1) is 8.87. The molecule has 6 nitrogen and oxygen atoms in total. The molecule has 0 bridgehead atoms. The maximum Gasteiger partial charge on any atom is 0.410 e.